The van der Waals surface area contributed by atoms with Crippen LogP contribution in [0.5, 0.6) is 0 Å². The number of rotatable bonds is 5. The van der Waals surface area contributed by atoms with Gasteiger partial charge in [-0.3, -0.25) is 4.57 Å². The Balaban J connectivity index is 1.43. The fraction of sp³-hybridized carbons (Fsp3) is 0.0556. The first-order chi connectivity index (χ1) is 22.5. The van der Waals surface area contributed by atoms with Gasteiger partial charge in [-0.2, -0.15) is 26.3 Å². The highest BCUT2D eigenvalue weighted by Crippen LogP contribution is 2.40. The first-order valence-electron chi connectivity index (χ1n) is 14.3. The molecule has 11 heteroatoms. The van der Waals surface area contributed by atoms with E-state index >= 15 is 0 Å². The molecule has 0 aliphatic rings. The van der Waals surface area contributed by atoms with Gasteiger partial charge in [0.15, 0.2) is 17.5 Å². The highest BCUT2D eigenvalue weighted by atomic mass is 19.4. The molecule has 47 heavy (non-hydrogen) atoms. The number of nitrogens with zero attached hydrogens (tertiary/aromatic N) is 5. The van der Waals surface area contributed by atoms with E-state index in [0.29, 0.717) is 51.9 Å². The quantitative estimate of drug-likeness (QED) is 0.176. The van der Waals surface area contributed by atoms with Crippen molar-refractivity contribution in [1.29, 1.82) is 0 Å². The maximum absolute atomic E-state index is 13.8. The summed E-state index contributed by atoms with van der Waals surface area (Å²) in [6.07, 6.45) is -10.0. The van der Waals surface area contributed by atoms with Crippen molar-refractivity contribution in [1.82, 2.24) is 24.5 Å². The average molecular weight is 638 g/mol. The molecule has 0 fully saturated rings. The molecule has 2 heterocycles. The van der Waals surface area contributed by atoms with E-state index in [2.05, 4.69) is 4.98 Å². The lowest BCUT2D eigenvalue weighted by molar-refractivity contribution is -0.143. The van der Waals surface area contributed by atoms with Gasteiger partial charge in [-0.25, -0.2) is 19.9 Å². The molecule has 0 saturated carbocycles. The van der Waals surface area contributed by atoms with Crippen LogP contribution in [0.15, 0.2) is 127 Å². The van der Waals surface area contributed by atoms with Crippen molar-refractivity contribution in [3.05, 3.63) is 139 Å². The summed E-state index contributed by atoms with van der Waals surface area (Å²) in [6, 6.07) is 33.8. The fourth-order valence-corrected chi connectivity index (χ4v) is 5.29. The van der Waals surface area contributed by atoms with Gasteiger partial charge in [-0.15, -0.1) is 0 Å². The first kappa shape index (κ1) is 29.8. The number of fused-ring (bicyclic) bond motifs is 1. The molecule has 5 aromatic carbocycles. The normalized spacial score (nSPS) is 12.0. The maximum atomic E-state index is 13.8. The van der Waals surface area contributed by atoms with Crippen LogP contribution in [0.25, 0.3) is 62.3 Å². The number of hydrogen-bond acceptors (Lipinski definition) is 4. The van der Waals surface area contributed by atoms with Crippen LogP contribution >= 0.6 is 0 Å². The Bertz CT molecular complexity index is 2140. The minimum absolute atomic E-state index is 0.0921. The van der Waals surface area contributed by atoms with E-state index in [9.17, 15) is 26.3 Å². The second-order valence-corrected chi connectivity index (χ2v) is 10.6. The molecule has 0 bridgehead atoms. The van der Waals surface area contributed by atoms with Gasteiger partial charge in [0.2, 0.25) is 0 Å². The van der Waals surface area contributed by atoms with Gasteiger partial charge in [0.05, 0.1) is 22.2 Å². The molecular weight excluding hydrogens is 616 g/mol. The van der Waals surface area contributed by atoms with Crippen molar-refractivity contribution < 1.29 is 26.3 Å². The van der Waals surface area contributed by atoms with E-state index in [1.807, 2.05) is 60.7 Å². The van der Waals surface area contributed by atoms with Gasteiger partial charge in [-0.05, 0) is 42.5 Å². The van der Waals surface area contributed by atoms with Crippen LogP contribution in [-0.2, 0) is 12.4 Å². The molecule has 0 amide bonds. The summed E-state index contributed by atoms with van der Waals surface area (Å²) in [4.78, 5) is 18.7. The summed E-state index contributed by atoms with van der Waals surface area (Å²) in [5.41, 5.74) is 0.168. The van der Waals surface area contributed by atoms with Crippen molar-refractivity contribution in [2.24, 2.45) is 0 Å². The Morgan fingerprint density at radius 1 is 0.426 bits per heavy atom. The van der Waals surface area contributed by atoms with Crippen LogP contribution < -0.4 is 0 Å². The number of hydrogen-bond donors (Lipinski definition) is 0. The molecule has 0 N–H and O–H groups in total. The first-order valence-corrected chi connectivity index (χ1v) is 14.3. The molecule has 5 nitrogen and oxygen atoms in total. The van der Waals surface area contributed by atoms with Gasteiger partial charge in [0, 0.05) is 27.9 Å². The average Bonchev–Trinajstić information content (AvgIpc) is 3.48. The molecule has 2 aromatic heterocycles. The molecule has 0 aliphatic heterocycles. The van der Waals surface area contributed by atoms with Gasteiger partial charge in [0.1, 0.15) is 5.82 Å². The molecule has 0 unspecified atom stereocenters. The molecule has 0 atom stereocenters. The van der Waals surface area contributed by atoms with Gasteiger partial charge < -0.3 is 0 Å². The van der Waals surface area contributed by atoms with Gasteiger partial charge >= 0.3 is 12.4 Å². The van der Waals surface area contributed by atoms with E-state index in [0.717, 1.165) is 11.1 Å². The SMILES string of the molecule is FC(F)(F)c1cc(-c2nc3ccccc3n2-c2cccc(-c3nc(-c4ccccc4)nc(-c4ccccc4)n3)c2)cc(C(F)(F)F)c1. The standard InChI is InChI=1S/C36H21F6N5/c37-35(38,39)26-18-25(19-27(21-26)36(40,41)42)34-43-29-16-7-8-17-30(29)47(34)28-15-9-14-24(20-28)33-45-31(22-10-3-1-4-11-22)44-32(46-33)23-12-5-2-6-13-23/h1-21H. The van der Waals surface area contributed by atoms with Crippen LogP contribution in [0.3, 0.4) is 0 Å². The smallest absolute Gasteiger partial charge is 0.292 e. The van der Waals surface area contributed by atoms with Crippen molar-refractivity contribution in [3.63, 3.8) is 0 Å². The van der Waals surface area contributed by atoms with Crippen molar-refractivity contribution in [2.75, 3.05) is 0 Å². The summed E-state index contributed by atoms with van der Waals surface area (Å²) >= 11 is 0. The van der Waals surface area contributed by atoms with Crippen LogP contribution in [0.4, 0.5) is 26.3 Å². The molecule has 7 aromatic rings. The largest absolute Gasteiger partial charge is 0.416 e. The topological polar surface area (TPSA) is 56.5 Å². The summed E-state index contributed by atoms with van der Waals surface area (Å²) < 4.78 is 84.4. The molecule has 0 spiro atoms. The predicted molar refractivity (Wildman–Crippen MR) is 166 cm³/mol. The Hall–Kier alpha value is -5.84. The number of para-hydroxylation sites is 2. The molecule has 0 aliphatic carbocycles. The maximum Gasteiger partial charge on any atom is 0.416 e. The zero-order valence-corrected chi connectivity index (χ0v) is 24.1. The van der Waals surface area contributed by atoms with Crippen LogP contribution in [0.2, 0.25) is 0 Å². The Labute approximate surface area is 263 Å². The van der Waals surface area contributed by atoms with Crippen molar-refractivity contribution in [2.45, 2.75) is 12.4 Å². The molecule has 0 radical (unpaired) electrons. The summed E-state index contributed by atoms with van der Waals surface area (Å²) in [5, 5.41) is 0. The summed E-state index contributed by atoms with van der Waals surface area (Å²) in [7, 11) is 0. The highest BCUT2D eigenvalue weighted by molar-refractivity contribution is 5.84. The number of halogens is 6. The highest BCUT2D eigenvalue weighted by Gasteiger charge is 2.37. The Kier molecular flexibility index (Phi) is 7.31. The van der Waals surface area contributed by atoms with E-state index < -0.39 is 23.5 Å². The zero-order valence-electron chi connectivity index (χ0n) is 24.1. The van der Waals surface area contributed by atoms with Crippen molar-refractivity contribution in [3.8, 4) is 51.2 Å². The van der Waals surface area contributed by atoms with Crippen LogP contribution in [0, 0.1) is 0 Å². The minimum atomic E-state index is -5.02. The third-order valence-electron chi connectivity index (χ3n) is 7.47. The van der Waals surface area contributed by atoms with E-state index in [1.54, 1.807) is 48.5 Å². The minimum Gasteiger partial charge on any atom is -0.292 e. The molecule has 0 saturated heterocycles. The number of aromatic nitrogens is 5. The number of alkyl halides is 6. The third kappa shape index (κ3) is 5.95. The molecule has 7 rings (SSSR count). The van der Waals surface area contributed by atoms with Gasteiger partial charge in [-0.1, -0.05) is 84.9 Å². The predicted octanol–water partition coefficient (Wildman–Crippen LogP) is 9.92. The molecule has 232 valence electrons. The molecular formula is C36H21F6N5. The fourth-order valence-electron chi connectivity index (χ4n) is 5.29. The second-order valence-electron chi connectivity index (χ2n) is 10.6. The third-order valence-corrected chi connectivity index (χ3v) is 7.47. The monoisotopic (exact) mass is 637 g/mol. The second kappa shape index (κ2) is 11.5. The summed E-state index contributed by atoms with van der Waals surface area (Å²) in [5.74, 6) is 1.09. The van der Waals surface area contributed by atoms with E-state index in [4.69, 9.17) is 15.0 Å². The number of benzene rings is 5. The van der Waals surface area contributed by atoms with Crippen molar-refractivity contribution >= 4 is 11.0 Å². The van der Waals surface area contributed by atoms with E-state index in [-0.39, 0.29) is 17.5 Å². The Morgan fingerprint density at radius 3 is 1.47 bits per heavy atom. The zero-order chi connectivity index (χ0) is 32.8. The lowest BCUT2D eigenvalue weighted by Crippen LogP contribution is -2.11. The Morgan fingerprint density at radius 2 is 0.915 bits per heavy atom. The lowest BCUT2D eigenvalue weighted by atomic mass is 10.0. The van der Waals surface area contributed by atoms with Crippen LogP contribution in [-0.4, -0.2) is 24.5 Å². The van der Waals surface area contributed by atoms with Crippen LogP contribution in [0.1, 0.15) is 11.1 Å². The lowest BCUT2D eigenvalue weighted by Gasteiger charge is -2.16. The van der Waals surface area contributed by atoms with Gasteiger partial charge in [0.25, 0.3) is 0 Å². The summed E-state index contributed by atoms with van der Waals surface area (Å²) in [6.45, 7) is 0. The number of imidazole rings is 1. The van der Waals surface area contributed by atoms with E-state index in [1.165, 1.54) is 4.57 Å².